The van der Waals surface area contributed by atoms with Crippen LogP contribution < -0.4 is 10.6 Å². The summed E-state index contributed by atoms with van der Waals surface area (Å²) in [7, 11) is 0. The predicted octanol–water partition coefficient (Wildman–Crippen LogP) is 2.53. The van der Waals surface area contributed by atoms with Crippen molar-refractivity contribution in [1.82, 2.24) is 5.32 Å². The average Bonchev–Trinajstić information content (AvgIpc) is 2.60. The number of non-ortho nitro benzene ring substituents is 1. The number of nitrogens with zero attached hydrogens (tertiary/aromatic N) is 1. The van der Waals surface area contributed by atoms with E-state index in [1.165, 1.54) is 24.3 Å². The minimum Gasteiger partial charge on any atom is -0.343 e. The molecule has 0 bridgehead atoms. The highest BCUT2D eigenvalue weighted by atomic mass is 16.6. The van der Waals surface area contributed by atoms with Crippen LogP contribution in [0.15, 0.2) is 48.5 Å². The van der Waals surface area contributed by atoms with Gasteiger partial charge >= 0.3 is 0 Å². The van der Waals surface area contributed by atoms with Crippen molar-refractivity contribution in [3.8, 4) is 0 Å². The van der Waals surface area contributed by atoms with Crippen LogP contribution in [0.3, 0.4) is 0 Å². The second-order valence-corrected chi connectivity index (χ2v) is 5.05. The average molecular weight is 327 g/mol. The molecule has 2 aromatic rings. The molecule has 7 nitrogen and oxygen atoms in total. The van der Waals surface area contributed by atoms with Gasteiger partial charge in [-0.05, 0) is 30.2 Å². The van der Waals surface area contributed by atoms with E-state index in [4.69, 9.17) is 0 Å². The molecule has 0 radical (unpaired) electrons. The zero-order chi connectivity index (χ0) is 17.5. The molecule has 2 aromatic carbocycles. The van der Waals surface area contributed by atoms with Gasteiger partial charge in [0.2, 0.25) is 5.91 Å². The maximum absolute atomic E-state index is 11.9. The number of rotatable bonds is 6. The summed E-state index contributed by atoms with van der Waals surface area (Å²) in [5.41, 5.74) is 1.88. The van der Waals surface area contributed by atoms with E-state index in [0.717, 1.165) is 17.7 Å². The van der Waals surface area contributed by atoms with Crippen LogP contribution in [-0.4, -0.2) is 23.3 Å². The van der Waals surface area contributed by atoms with E-state index >= 15 is 0 Å². The monoisotopic (exact) mass is 327 g/mol. The molecule has 124 valence electrons. The molecule has 24 heavy (non-hydrogen) atoms. The van der Waals surface area contributed by atoms with Crippen LogP contribution in [0.5, 0.6) is 0 Å². The molecule has 0 saturated heterocycles. The Bertz CT molecular complexity index is 757. The van der Waals surface area contributed by atoms with Gasteiger partial charge in [-0.1, -0.05) is 25.1 Å². The first-order valence-corrected chi connectivity index (χ1v) is 7.41. The van der Waals surface area contributed by atoms with Crippen LogP contribution in [0.4, 0.5) is 11.4 Å². The Morgan fingerprint density at radius 3 is 2.38 bits per heavy atom. The van der Waals surface area contributed by atoms with Crippen molar-refractivity contribution in [3.05, 3.63) is 69.8 Å². The van der Waals surface area contributed by atoms with Gasteiger partial charge in [0.05, 0.1) is 11.5 Å². The maximum atomic E-state index is 11.9. The third kappa shape index (κ3) is 4.39. The molecule has 0 spiro atoms. The largest absolute Gasteiger partial charge is 0.343 e. The summed E-state index contributed by atoms with van der Waals surface area (Å²) in [6.07, 6.45) is 0.783. The minimum absolute atomic E-state index is 0.0968. The molecule has 0 heterocycles. The number of nitro benzene ring substituents is 1. The first-order chi connectivity index (χ1) is 11.5. The normalized spacial score (nSPS) is 10.0. The molecule has 0 aliphatic heterocycles. The van der Waals surface area contributed by atoms with Crippen LogP contribution in [-0.2, 0) is 11.2 Å². The molecular weight excluding hydrogens is 310 g/mol. The van der Waals surface area contributed by atoms with Gasteiger partial charge in [-0.2, -0.15) is 0 Å². The number of nitro groups is 1. The SMILES string of the molecule is CCc1ccccc1NC(=O)CNC(=O)c1ccc([N+](=O)[O-])cc1. The lowest BCUT2D eigenvalue weighted by molar-refractivity contribution is -0.384. The van der Waals surface area contributed by atoms with Crippen molar-refractivity contribution < 1.29 is 14.5 Å². The molecule has 7 heteroatoms. The molecule has 0 aliphatic carbocycles. The second kappa shape index (κ2) is 7.87. The number of hydrogen-bond acceptors (Lipinski definition) is 4. The topological polar surface area (TPSA) is 101 Å². The molecule has 0 unspecified atom stereocenters. The molecule has 0 saturated carbocycles. The molecule has 0 fully saturated rings. The molecule has 0 atom stereocenters. The van der Waals surface area contributed by atoms with Gasteiger partial charge in [0.15, 0.2) is 0 Å². The van der Waals surface area contributed by atoms with Gasteiger partial charge in [-0.15, -0.1) is 0 Å². The maximum Gasteiger partial charge on any atom is 0.269 e. The summed E-state index contributed by atoms with van der Waals surface area (Å²) in [5, 5.41) is 15.8. The standard InChI is InChI=1S/C17H17N3O4/c1-2-12-5-3-4-6-15(12)19-16(21)11-18-17(22)13-7-9-14(10-8-13)20(23)24/h3-10H,2,11H2,1H3,(H,18,22)(H,19,21). The van der Waals surface area contributed by atoms with E-state index in [1.54, 1.807) is 6.07 Å². The third-order valence-electron chi connectivity index (χ3n) is 3.42. The van der Waals surface area contributed by atoms with E-state index < -0.39 is 10.8 Å². The van der Waals surface area contributed by atoms with Crippen LogP contribution >= 0.6 is 0 Å². The fourth-order valence-corrected chi connectivity index (χ4v) is 2.14. The van der Waals surface area contributed by atoms with Crippen molar-refractivity contribution >= 4 is 23.2 Å². The lowest BCUT2D eigenvalue weighted by Crippen LogP contribution is -2.33. The fourth-order valence-electron chi connectivity index (χ4n) is 2.14. The summed E-state index contributed by atoms with van der Waals surface area (Å²) >= 11 is 0. The lowest BCUT2D eigenvalue weighted by Gasteiger charge is -2.10. The van der Waals surface area contributed by atoms with Crippen molar-refractivity contribution in [2.24, 2.45) is 0 Å². The quantitative estimate of drug-likeness (QED) is 0.628. The molecule has 0 aromatic heterocycles. The molecule has 2 amide bonds. The highest BCUT2D eigenvalue weighted by Gasteiger charge is 2.11. The minimum atomic E-state index is -0.541. The Balaban J connectivity index is 1.91. The first-order valence-electron chi connectivity index (χ1n) is 7.41. The second-order valence-electron chi connectivity index (χ2n) is 5.05. The van der Waals surface area contributed by atoms with E-state index in [2.05, 4.69) is 10.6 Å². The van der Waals surface area contributed by atoms with Crippen LogP contribution in [0.25, 0.3) is 0 Å². The number of para-hydroxylation sites is 1. The van der Waals surface area contributed by atoms with Gasteiger partial charge in [0.1, 0.15) is 0 Å². The predicted molar refractivity (Wildman–Crippen MR) is 89.9 cm³/mol. The van der Waals surface area contributed by atoms with E-state index in [-0.39, 0.29) is 23.7 Å². The van der Waals surface area contributed by atoms with E-state index in [0.29, 0.717) is 0 Å². The highest BCUT2D eigenvalue weighted by molar-refractivity contribution is 5.99. The van der Waals surface area contributed by atoms with E-state index in [1.807, 2.05) is 25.1 Å². The van der Waals surface area contributed by atoms with Crippen molar-refractivity contribution in [2.75, 3.05) is 11.9 Å². The Morgan fingerprint density at radius 1 is 1.08 bits per heavy atom. The Kier molecular flexibility index (Phi) is 5.62. The Labute approximate surface area is 138 Å². The van der Waals surface area contributed by atoms with E-state index in [9.17, 15) is 19.7 Å². The summed E-state index contributed by atoms with van der Waals surface area (Å²) in [6, 6.07) is 12.6. The van der Waals surface area contributed by atoms with Crippen molar-refractivity contribution in [2.45, 2.75) is 13.3 Å². The third-order valence-corrected chi connectivity index (χ3v) is 3.42. The molecule has 0 aliphatic rings. The summed E-state index contributed by atoms with van der Waals surface area (Å²) in [4.78, 5) is 33.9. The highest BCUT2D eigenvalue weighted by Crippen LogP contribution is 2.15. The number of carbonyl (C=O) groups is 2. The summed E-state index contributed by atoms with van der Waals surface area (Å²) in [6.45, 7) is 1.80. The van der Waals surface area contributed by atoms with Crippen molar-refractivity contribution in [3.63, 3.8) is 0 Å². The van der Waals surface area contributed by atoms with Gasteiger partial charge in [0.25, 0.3) is 11.6 Å². The number of amides is 2. The first kappa shape index (κ1) is 17.1. The van der Waals surface area contributed by atoms with Crippen LogP contribution in [0.1, 0.15) is 22.8 Å². The fraction of sp³-hybridized carbons (Fsp3) is 0.176. The smallest absolute Gasteiger partial charge is 0.269 e. The number of carbonyl (C=O) groups excluding carboxylic acids is 2. The molecular formula is C17H17N3O4. The van der Waals surface area contributed by atoms with Gasteiger partial charge in [-0.3, -0.25) is 19.7 Å². The lowest BCUT2D eigenvalue weighted by atomic mass is 10.1. The zero-order valence-electron chi connectivity index (χ0n) is 13.1. The van der Waals surface area contributed by atoms with Crippen molar-refractivity contribution in [1.29, 1.82) is 0 Å². The number of anilines is 1. The molecule has 2 rings (SSSR count). The molecule has 2 N–H and O–H groups in total. The Morgan fingerprint density at radius 2 is 1.75 bits per heavy atom. The Hall–Kier alpha value is -3.22. The summed E-state index contributed by atoms with van der Waals surface area (Å²) < 4.78 is 0. The van der Waals surface area contributed by atoms with Crippen LogP contribution in [0, 0.1) is 10.1 Å². The number of aryl methyl sites for hydroxylation is 1. The number of benzene rings is 2. The van der Waals surface area contributed by atoms with Crippen LogP contribution in [0.2, 0.25) is 0 Å². The van der Waals surface area contributed by atoms with Gasteiger partial charge in [0, 0.05) is 23.4 Å². The zero-order valence-corrected chi connectivity index (χ0v) is 13.1. The van der Waals surface area contributed by atoms with Gasteiger partial charge < -0.3 is 10.6 Å². The number of hydrogen-bond donors (Lipinski definition) is 2. The van der Waals surface area contributed by atoms with Gasteiger partial charge in [-0.25, -0.2) is 0 Å². The number of nitrogens with one attached hydrogen (secondary N) is 2. The summed E-state index contributed by atoms with van der Waals surface area (Å²) in [5.74, 6) is -0.810.